The minimum absolute atomic E-state index is 0. The third-order valence-electron chi connectivity index (χ3n) is 1.34. The zero-order valence-electron chi connectivity index (χ0n) is 6.71. The van der Waals surface area contributed by atoms with Crippen LogP contribution < -0.4 is 11.3 Å². The third-order valence-corrected chi connectivity index (χ3v) is 1.34. The average molecular weight is 151 g/mol. The Bertz CT molecular complexity index is 233. The zero-order chi connectivity index (χ0) is 7.40. The molecule has 1 rings (SSSR count). The molecule has 0 aromatic heterocycles. The monoisotopic (exact) mass is 151 g/mol. The number of rotatable bonds is 2. The zero-order valence-corrected chi connectivity index (χ0v) is 6.71. The van der Waals surface area contributed by atoms with E-state index in [1.807, 2.05) is 12.1 Å². The molecule has 0 aliphatic rings. The van der Waals surface area contributed by atoms with Crippen LogP contribution in [0.5, 0.6) is 5.75 Å². The van der Waals surface area contributed by atoms with Crippen LogP contribution in [0.4, 0.5) is 0 Å². The predicted molar refractivity (Wildman–Crippen MR) is 45.8 cm³/mol. The van der Waals surface area contributed by atoms with E-state index in [2.05, 4.69) is 6.58 Å². The standard InChI is InChI=1S/C9H10O.H3N/c1-2-5-8-6-3-4-7-9(8)10;/h2-4,6-7,10H,1,5H2;1H3. The van der Waals surface area contributed by atoms with E-state index in [0.717, 1.165) is 5.56 Å². The Labute approximate surface area is 66.8 Å². The fourth-order valence-corrected chi connectivity index (χ4v) is 0.828. The van der Waals surface area contributed by atoms with E-state index in [9.17, 15) is 5.11 Å². The number of hydrogen-bond acceptors (Lipinski definition) is 1. The van der Waals surface area contributed by atoms with Gasteiger partial charge in [-0.15, -0.1) is 12.3 Å². The van der Waals surface area contributed by atoms with Crippen LogP contribution in [0.2, 0.25) is 0 Å². The molecule has 0 heterocycles. The molecule has 0 unspecified atom stereocenters. The van der Waals surface area contributed by atoms with Crippen LogP contribution >= 0.6 is 0 Å². The highest BCUT2D eigenvalue weighted by molar-refractivity contribution is 5.31. The molecule has 1 aromatic rings. The molecule has 0 aliphatic heterocycles. The lowest BCUT2D eigenvalue weighted by Gasteiger charge is -2.09. The summed E-state index contributed by atoms with van der Waals surface area (Å²) in [6.07, 6.45) is 2.40. The van der Waals surface area contributed by atoms with Crippen LogP contribution in [-0.4, -0.2) is 0 Å². The van der Waals surface area contributed by atoms with Crippen molar-refractivity contribution in [1.82, 2.24) is 6.15 Å². The van der Waals surface area contributed by atoms with E-state index < -0.39 is 0 Å². The smallest absolute Gasteiger partial charge is 0.0106 e. The van der Waals surface area contributed by atoms with Gasteiger partial charge in [-0.05, 0) is 6.42 Å². The molecule has 0 radical (unpaired) electrons. The van der Waals surface area contributed by atoms with Gasteiger partial charge < -0.3 is 11.3 Å². The van der Waals surface area contributed by atoms with Gasteiger partial charge in [0.25, 0.3) is 0 Å². The summed E-state index contributed by atoms with van der Waals surface area (Å²) in [6.45, 7) is 3.56. The largest absolute Gasteiger partial charge is 0.872 e. The van der Waals surface area contributed by atoms with Crippen LogP contribution in [0, 0.1) is 0 Å². The van der Waals surface area contributed by atoms with Crippen LogP contribution in [0.3, 0.4) is 0 Å². The molecule has 4 N–H and O–H groups in total. The Morgan fingerprint density at radius 3 is 2.55 bits per heavy atom. The van der Waals surface area contributed by atoms with Gasteiger partial charge in [0.2, 0.25) is 0 Å². The Morgan fingerprint density at radius 2 is 2.00 bits per heavy atom. The van der Waals surface area contributed by atoms with E-state index in [1.54, 1.807) is 18.2 Å². The lowest BCUT2D eigenvalue weighted by Crippen LogP contribution is -1.94. The van der Waals surface area contributed by atoms with Crippen LogP contribution in [0.1, 0.15) is 5.56 Å². The highest BCUT2D eigenvalue weighted by Gasteiger charge is 1.86. The van der Waals surface area contributed by atoms with Gasteiger partial charge >= 0.3 is 0 Å². The summed E-state index contributed by atoms with van der Waals surface area (Å²) < 4.78 is 0. The summed E-state index contributed by atoms with van der Waals surface area (Å²) in [6, 6.07) is 7.00. The molecule has 0 fully saturated rings. The molecule has 0 saturated heterocycles. The maximum absolute atomic E-state index is 11.0. The van der Waals surface area contributed by atoms with Crippen molar-refractivity contribution in [3.63, 3.8) is 0 Å². The van der Waals surface area contributed by atoms with Crippen LogP contribution in [0.25, 0.3) is 0 Å². The first kappa shape index (κ1) is 9.72. The first-order valence-electron chi connectivity index (χ1n) is 3.20. The molecule has 0 bridgehead atoms. The van der Waals surface area contributed by atoms with Crippen molar-refractivity contribution in [2.75, 3.05) is 0 Å². The van der Waals surface area contributed by atoms with Gasteiger partial charge in [0, 0.05) is 0 Å². The Balaban J connectivity index is 0.000001000. The summed E-state index contributed by atoms with van der Waals surface area (Å²) >= 11 is 0. The number of hydrogen-bond donors (Lipinski definition) is 1. The highest BCUT2D eigenvalue weighted by atomic mass is 16.3. The fraction of sp³-hybridized carbons (Fsp3) is 0.111. The van der Waals surface area contributed by atoms with E-state index in [1.165, 1.54) is 0 Å². The number of para-hydroxylation sites is 1. The summed E-state index contributed by atoms with van der Waals surface area (Å²) in [5, 5.41) is 11.0. The maximum atomic E-state index is 11.0. The van der Waals surface area contributed by atoms with Gasteiger partial charge in [-0.25, -0.2) is 0 Å². The summed E-state index contributed by atoms with van der Waals surface area (Å²) in [5.41, 5.74) is 0.817. The first-order valence-corrected chi connectivity index (χ1v) is 3.20. The molecule has 60 valence electrons. The van der Waals surface area contributed by atoms with Crippen molar-refractivity contribution >= 4 is 0 Å². The molecular weight excluding hydrogens is 138 g/mol. The summed E-state index contributed by atoms with van der Waals surface area (Å²) in [5.74, 6) is 0.0994. The van der Waals surface area contributed by atoms with Gasteiger partial charge in [-0.1, -0.05) is 35.9 Å². The molecule has 0 atom stereocenters. The van der Waals surface area contributed by atoms with Crippen molar-refractivity contribution in [3.8, 4) is 5.75 Å². The van der Waals surface area contributed by atoms with Gasteiger partial charge in [-0.2, -0.15) is 0 Å². The minimum Gasteiger partial charge on any atom is -0.872 e. The Morgan fingerprint density at radius 1 is 1.36 bits per heavy atom. The molecule has 0 spiro atoms. The number of allylic oxidation sites excluding steroid dienone is 1. The highest BCUT2D eigenvalue weighted by Crippen LogP contribution is 2.12. The van der Waals surface area contributed by atoms with E-state index >= 15 is 0 Å². The van der Waals surface area contributed by atoms with E-state index in [0.29, 0.717) is 6.42 Å². The molecule has 0 aliphatic carbocycles. The quantitative estimate of drug-likeness (QED) is 0.644. The number of benzene rings is 1. The second kappa shape index (κ2) is 4.52. The maximum Gasteiger partial charge on any atom is -0.0106 e. The Kier molecular flexibility index (Phi) is 4.00. The molecule has 11 heavy (non-hydrogen) atoms. The molecule has 2 nitrogen and oxygen atoms in total. The lowest BCUT2D eigenvalue weighted by molar-refractivity contribution is -0.269. The summed E-state index contributed by atoms with van der Waals surface area (Å²) in [4.78, 5) is 0. The molecular formula is C9H13NO. The van der Waals surface area contributed by atoms with E-state index in [-0.39, 0.29) is 11.9 Å². The average Bonchev–Trinajstić information content (AvgIpc) is 1.94. The minimum atomic E-state index is 0. The van der Waals surface area contributed by atoms with E-state index in [4.69, 9.17) is 0 Å². The Hall–Kier alpha value is -1.28. The molecule has 2 heteroatoms. The fourth-order valence-electron chi connectivity index (χ4n) is 0.828. The summed E-state index contributed by atoms with van der Waals surface area (Å²) in [7, 11) is 0. The SMILES string of the molecule is C=CCc1ccccc1[O-].[NH4+]. The van der Waals surface area contributed by atoms with Crippen molar-refractivity contribution in [3.05, 3.63) is 42.5 Å². The van der Waals surface area contributed by atoms with Crippen molar-refractivity contribution in [2.24, 2.45) is 0 Å². The van der Waals surface area contributed by atoms with Gasteiger partial charge in [-0.3, -0.25) is 0 Å². The van der Waals surface area contributed by atoms with Crippen LogP contribution in [-0.2, 0) is 6.42 Å². The van der Waals surface area contributed by atoms with Gasteiger partial charge in [0.1, 0.15) is 0 Å². The molecule has 0 amide bonds. The van der Waals surface area contributed by atoms with Crippen molar-refractivity contribution < 1.29 is 5.11 Å². The lowest BCUT2D eigenvalue weighted by atomic mass is 10.1. The normalized spacial score (nSPS) is 8.36. The first-order chi connectivity index (χ1) is 4.84. The van der Waals surface area contributed by atoms with Crippen molar-refractivity contribution in [1.29, 1.82) is 0 Å². The van der Waals surface area contributed by atoms with Crippen LogP contribution in [0.15, 0.2) is 36.9 Å². The second-order valence-corrected chi connectivity index (χ2v) is 2.10. The molecule has 0 saturated carbocycles. The predicted octanol–water partition coefficient (Wildman–Crippen LogP) is 1.86. The third kappa shape index (κ3) is 2.43. The van der Waals surface area contributed by atoms with Gasteiger partial charge in [0.05, 0.1) is 0 Å². The second-order valence-electron chi connectivity index (χ2n) is 2.10. The topological polar surface area (TPSA) is 59.6 Å². The van der Waals surface area contributed by atoms with Gasteiger partial charge in [0.15, 0.2) is 0 Å². The molecule has 1 aromatic carbocycles. The van der Waals surface area contributed by atoms with Crippen molar-refractivity contribution in [2.45, 2.75) is 6.42 Å². The number of quaternary nitrogens is 1.